The molecule has 0 saturated carbocycles. The van der Waals surface area contributed by atoms with Crippen LogP contribution in [0.4, 0.5) is 8.78 Å². The van der Waals surface area contributed by atoms with Gasteiger partial charge in [-0.2, -0.15) is 5.10 Å². The fraction of sp³-hybridized carbons (Fsp3) is 0.444. The monoisotopic (exact) mass is 397 g/mol. The number of esters is 2. The first kappa shape index (κ1) is 21.4. The van der Waals surface area contributed by atoms with Crippen LogP contribution in [0.15, 0.2) is 30.9 Å². The molecule has 2 aromatic rings. The Bertz CT molecular complexity index is 798. The van der Waals surface area contributed by atoms with Gasteiger partial charge < -0.3 is 14.6 Å². The van der Waals surface area contributed by atoms with E-state index in [4.69, 9.17) is 9.47 Å². The Balaban J connectivity index is 2.34. The van der Waals surface area contributed by atoms with Crippen LogP contribution in [0, 0.1) is 17.6 Å². The molecule has 0 aliphatic heterocycles. The lowest BCUT2D eigenvalue weighted by molar-refractivity contribution is -0.148. The quantitative estimate of drug-likeness (QED) is 0.641. The maximum absolute atomic E-state index is 14.4. The zero-order valence-electron chi connectivity index (χ0n) is 15.5. The van der Waals surface area contributed by atoms with Crippen molar-refractivity contribution in [2.45, 2.75) is 32.4 Å². The first-order valence-electron chi connectivity index (χ1n) is 8.46. The van der Waals surface area contributed by atoms with Gasteiger partial charge in [-0.05, 0) is 12.5 Å². The number of carbonyl (C=O) groups excluding carboxylic acids is 2. The molecule has 1 aromatic heterocycles. The maximum atomic E-state index is 14.4. The number of aliphatic hydroxyl groups is 1. The number of benzene rings is 1. The van der Waals surface area contributed by atoms with Gasteiger partial charge >= 0.3 is 11.9 Å². The zero-order valence-corrected chi connectivity index (χ0v) is 15.5. The number of hydrogen-bond acceptors (Lipinski definition) is 7. The lowest BCUT2D eigenvalue weighted by atomic mass is 9.84. The Morgan fingerprint density at radius 1 is 1.21 bits per heavy atom. The molecule has 152 valence electrons. The van der Waals surface area contributed by atoms with Crippen molar-refractivity contribution in [1.82, 2.24) is 14.8 Å². The molecule has 1 N–H and O–H groups in total. The highest BCUT2D eigenvalue weighted by Gasteiger charge is 2.37. The smallest absolute Gasteiger partial charge is 0.302 e. The predicted molar refractivity (Wildman–Crippen MR) is 91.6 cm³/mol. The molecule has 1 heterocycles. The topological polar surface area (TPSA) is 104 Å². The van der Waals surface area contributed by atoms with E-state index in [-0.39, 0.29) is 31.7 Å². The first-order chi connectivity index (χ1) is 13.2. The largest absolute Gasteiger partial charge is 0.465 e. The Morgan fingerprint density at radius 2 is 1.86 bits per heavy atom. The van der Waals surface area contributed by atoms with Crippen LogP contribution in [0.5, 0.6) is 0 Å². The van der Waals surface area contributed by atoms with Gasteiger partial charge in [0.05, 0.1) is 19.8 Å². The predicted octanol–water partition coefficient (Wildman–Crippen LogP) is 1.58. The standard InChI is InChI=1S/C18H21F2N3O5/c1-12(24)27-7-14(8-28-13(2)25)6-18(26,9-23-11-21-10-22-23)16-4-3-15(19)5-17(16)20/h3-5,10-11,14,26H,6-9H2,1-2H3/t18-/m0/s1. The van der Waals surface area contributed by atoms with Gasteiger partial charge in [-0.25, -0.2) is 18.4 Å². The molecule has 0 saturated heterocycles. The van der Waals surface area contributed by atoms with Crippen LogP contribution in [-0.2, 0) is 31.2 Å². The molecule has 0 unspecified atom stereocenters. The molecule has 8 nitrogen and oxygen atoms in total. The van der Waals surface area contributed by atoms with Gasteiger partial charge in [-0.3, -0.25) is 9.59 Å². The Labute approximate surface area is 160 Å². The van der Waals surface area contributed by atoms with Crippen LogP contribution < -0.4 is 0 Å². The van der Waals surface area contributed by atoms with E-state index in [9.17, 15) is 23.5 Å². The molecule has 2 rings (SSSR count). The Morgan fingerprint density at radius 3 is 2.36 bits per heavy atom. The van der Waals surface area contributed by atoms with Crippen molar-refractivity contribution in [2.24, 2.45) is 5.92 Å². The second-order valence-corrected chi connectivity index (χ2v) is 6.42. The molecule has 0 fully saturated rings. The number of aromatic nitrogens is 3. The number of hydrogen-bond donors (Lipinski definition) is 1. The van der Waals surface area contributed by atoms with E-state index in [0.29, 0.717) is 6.07 Å². The third kappa shape index (κ3) is 6.08. The summed E-state index contributed by atoms with van der Waals surface area (Å²) in [5.74, 6) is -3.49. The van der Waals surface area contributed by atoms with Crippen molar-refractivity contribution < 1.29 is 33.0 Å². The highest BCUT2D eigenvalue weighted by molar-refractivity contribution is 5.66. The van der Waals surface area contributed by atoms with E-state index in [1.165, 1.54) is 31.2 Å². The molecule has 1 aromatic carbocycles. The molecule has 28 heavy (non-hydrogen) atoms. The normalized spacial score (nSPS) is 13.2. The summed E-state index contributed by atoms with van der Waals surface area (Å²) in [5.41, 5.74) is -2.03. The van der Waals surface area contributed by atoms with E-state index < -0.39 is 35.1 Å². The molecule has 1 atom stereocenters. The van der Waals surface area contributed by atoms with Crippen molar-refractivity contribution in [3.05, 3.63) is 48.1 Å². The van der Waals surface area contributed by atoms with Crippen molar-refractivity contribution in [1.29, 1.82) is 0 Å². The van der Waals surface area contributed by atoms with Gasteiger partial charge in [-0.1, -0.05) is 6.07 Å². The SMILES string of the molecule is CC(=O)OCC(COC(C)=O)C[C@](O)(Cn1cncn1)c1ccc(F)cc1F. The van der Waals surface area contributed by atoms with Crippen molar-refractivity contribution in [3.8, 4) is 0 Å². The second kappa shape index (κ2) is 9.36. The molecule has 0 bridgehead atoms. The highest BCUT2D eigenvalue weighted by Crippen LogP contribution is 2.33. The van der Waals surface area contributed by atoms with Crippen molar-refractivity contribution in [3.63, 3.8) is 0 Å². The van der Waals surface area contributed by atoms with Gasteiger partial charge in [0.2, 0.25) is 0 Å². The van der Waals surface area contributed by atoms with Crippen molar-refractivity contribution >= 4 is 11.9 Å². The summed E-state index contributed by atoms with van der Waals surface area (Å²) >= 11 is 0. The molecular weight excluding hydrogens is 376 g/mol. The third-order valence-electron chi connectivity index (χ3n) is 3.99. The van der Waals surface area contributed by atoms with Gasteiger partial charge in [0, 0.05) is 31.4 Å². The molecular formula is C18H21F2N3O5. The van der Waals surface area contributed by atoms with E-state index in [0.717, 1.165) is 12.1 Å². The molecule has 0 spiro atoms. The lowest BCUT2D eigenvalue weighted by Gasteiger charge is -2.32. The van der Waals surface area contributed by atoms with Crippen LogP contribution in [0.1, 0.15) is 25.8 Å². The fourth-order valence-electron chi connectivity index (χ4n) is 2.82. The van der Waals surface area contributed by atoms with Crippen LogP contribution >= 0.6 is 0 Å². The summed E-state index contributed by atoms with van der Waals surface area (Å²) in [5, 5.41) is 15.2. The summed E-state index contributed by atoms with van der Waals surface area (Å²) < 4.78 is 39.0. The number of nitrogens with zero attached hydrogens (tertiary/aromatic N) is 3. The molecule has 0 aliphatic rings. The molecule has 0 radical (unpaired) electrons. The third-order valence-corrected chi connectivity index (χ3v) is 3.99. The summed E-state index contributed by atoms with van der Waals surface area (Å²) in [6, 6.07) is 2.82. The average molecular weight is 397 g/mol. The van der Waals surface area contributed by atoms with E-state index in [1.807, 2.05) is 0 Å². The summed E-state index contributed by atoms with van der Waals surface area (Å²) in [6.07, 6.45) is 2.42. The zero-order chi connectivity index (χ0) is 20.7. The average Bonchev–Trinajstić information content (AvgIpc) is 3.09. The van der Waals surface area contributed by atoms with Crippen molar-refractivity contribution in [2.75, 3.05) is 13.2 Å². The van der Waals surface area contributed by atoms with E-state index in [2.05, 4.69) is 10.1 Å². The van der Waals surface area contributed by atoms with E-state index >= 15 is 0 Å². The summed E-state index contributed by atoms with van der Waals surface area (Å²) in [4.78, 5) is 26.1. The number of halogens is 2. The number of rotatable bonds is 9. The Hall–Kier alpha value is -2.88. The number of ether oxygens (including phenoxy) is 2. The van der Waals surface area contributed by atoms with Gasteiger partial charge in [0.1, 0.15) is 29.9 Å². The maximum Gasteiger partial charge on any atom is 0.302 e. The summed E-state index contributed by atoms with van der Waals surface area (Å²) in [6.45, 7) is 1.90. The second-order valence-electron chi connectivity index (χ2n) is 6.42. The first-order valence-corrected chi connectivity index (χ1v) is 8.46. The lowest BCUT2D eigenvalue weighted by Crippen LogP contribution is -2.37. The Kier molecular flexibility index (Phi) is 7.16. The fourth-order valence-corrected chi connectivity index (χ4v) is 2.82. The minimum absolute atomic E-state index is 0.157. The minimum Gasteiger partial charge on any atom is -0.465 e. The van der Waals surface area contributed by atoms with Gasteiger partial charge in [0.15, 0.2) is 0 Å². The molecule has 0 aliphatic carbocycles. The van der Waals surface area contributed by atoms with Gasteiger partial charge in [0.25, 0.3) is 0 Å². The number of carbonyl (C=O) groups is 2. The minimum atomic E-state index is -1.86. The van der Waals surface area contributed by atoms with E-state index in [1.54, 1.807) is 0 Å². The van der Waals surface area contributed by atoms with Crippen LogP contribution in [-0.4, -0.2) is 45.0 Å². The van der Waals surface area contributed by atoms with Crippen LogP contribution in [0.2, 0.25) is 0 Å². The van der Waals surface area contributed by atoms with Crippen LogP contribution in [0.3, 0.4) is 0 Å². The van der Waals surface area contributed by atoms with Crippen LogP contribution in [0.25, 0.3) is 0 Å². The molecule has 0 amide bonds. The molecule has 10 heteroatoms. The summed E-state index contributed by atoms with van der Waals surface area (Å²) in [7, 11) is 0. The highest BCUT2D eigenvalue weighted by atomic mass is 19.1. The van der Waals surface area contributed by atoms with Gasteiger partial charge in [-0.15, -0.1) is 0 Å².